The van der Waals surface area contributed by atoms with E-state index in [1.807, 2.05) is 48.0 Å². The van der Waals surface area contributed by atoms with Crippen LogP contribution in [0.15, 0.2) is 48.5 Å². The smallest absolute Gasteiger partial charge is 0.143 e. The summed E-state index contributed by atoms with van der Waals surface area (Å²) in [4.78, 5) is 4.56. The van der Waals surface area contributed by atoms with Crippen LogP contribution in [0.2, 0.25) is 0 Å². The average molecular weight is 280 g/mol. The number of benzene rings is 2. The number of para-hydroxylation sites is 2. The van der Waals surface area contributed by atoms with Crippen LogP contribution in [0.5, 0.6) is 0 Å². The van der Waals surface area contributed by atoms with Gasteiger partial charge in [-0.15, -0.1) is 0 Å². The summed E-state index contributed by atoms with van der Waals surface area (Å²) in [5.74, 6) is 1.17. The van der Waals surface area contributed by atoms with Gasteiger partial charge in [-0.2, -0.15) is 0 Å². The molecule has 3 rings (SSSR count). The van der Waals surface area contributed by atoms with Crippen LogP contribution < -0.4 is 0 Å². The maximum atomic E-state index is 10.6. The van der Waals surface area contributed by atoms with Crippen LogP contribution in [0, 0.1) is 0 Å². The molecule has 1 N–H and O–H groups in total. The molecule has 3 aromatic rings. The molecule has 108 valence electrons. The van der Waals surface area contributed by atoms with Crippen molar-refractivity contribution in [3.05, 3.63) is 65.5 Å². The largest absolute Gasteiger partial charge is 0.380 e. The second-order valence-corrected chi connectivity index (χ2v) is 5.74. The minimum Gasteiger partial charge on any atom is -0.380 e. The highest BCUT2D eigenvalue weighted by molar-refractivity contribution is 5.76. The Bertz CT molecular complexity index is 756. The molecule has 3 nitrogen and oxygen atoms in total. The molecule has 0 radical (unpaired) electrons. The molecule has 0 aliphatic carbocycles. The topological polar surface area (TPSA) is 38.1 Å². The van der Waals surface area contributed by atoms with Crippen molar-refractivity contribution in [2.24, 2.45) is 7.05 Å². The lowest BCUT2D eigenvalue weighted by atomic mass is 10.00. The third-order valence-corrected chi connectivity index (χ3v) is 3.99. The Labute approximate surface area is 124 Å². The summed E-state index contributed by atoms with van der Waals surface area (Å²) in [6, 6.07) is 16.0. The lowest BCUT2D eigenvalue weighted by molar-refractivity contribution is 0.207. The van der Waals surface area contributed by atoms with Crippen LogP contribution >= 0.6 is 0 Å². The Morgan fingerprint density at radius 1 is 0.952 bits per heavy atom. The van der Waals surface area contributed by atoms with Crippen molar-refractivity contribution in [2.75, 3.05) is 0 Å². The van der Waals surface area contributed by atoms with E-state index in [4.69, 9.17) is 0 Å². The standard InChI is InChI=1S/C18H20N2O/c1-12(2)13-8-10-14(11-9-13)17(21)18-19-15-6-4-5-7-16(15)20(18)3/h4-12,17,21H,1-3H3/t17-/m1/s1. The van der Waals surface area contributed by atoms with E-state index >= 15 is 0 Å². The van der Waals surface area contributed by atoms with E-state index in [0.717, 1.165) is 16.6 Å². The zero-order valence-electron chi connectivity index (χ0n) is 12.6. The Balaban J connectivity index is 1.99. The van der Waals surface area contributed by atoms with Crippen molar-refractivity contribution in [2.45, 2.75) is 25.9 Å². The molecule has 3 heteroatoms. The molecule has 1 aromatic heterocycles. The van der Waals surface area contributed by atoms with Gasteiger partial charge in [-0.25, -0.2) is 4.98 Å². The predicted molar refractivity (Wildman–Crippen MR) is 85.3 cm³/mol. The van der Waals surface area contributed by atoms with Crippen molar-refractivity contribution in [1.82, 2.24) is 9.55 Å². The zero-order chi connectivity index (χ0) is 15.0. The van der Waals surface area contributed by atoms with Gasteiger partial charge in [0.1, 0.15) is 11.9 Å². The highest BCUT2D eigenvalue weighted by Gasteiger charge is 2.17. The van der Waals surface area contributed by atoms with Crippen molar-refractivity contribution in [1.29, 1.82) is 0 Å². The lowest BCUT2D eigenvalue weighted by Crippen LogP contribution is -2.07. The van der Waals surface area contributed by atoms with Crippen LogP contribution in [0.1, 0.15) is 42.8 Å². The first-order valence-electron chi connectivity index (χ1n) is 7.27. The number of rotatable bonds is 3. The van der Waals surface area contributed by atoms with Gasteiger partial charge >= 0.3 is 0 Å². The number of hydrogen-bond donors (Lipinski definition) is 1. The minimum atomic E-state index is -0.705. The molecule has 0 fully saturated rings. The molecule has 0 aliphatic rings. The summed E-state index contributed by atoms with van der Waals surface area (Å²) in [5.41, 5.74) is 4.09. The first-order chi connectivity index (χ1) is 10.1. The number of fused-ring (bicyclic) bond motifs is 1. The molecule has 0 spiro atoms. The predicted octanol–water partition coefficient (Wildman–Crippen LogP) is 3.78. The highest BCUT2D eigenvalue weighted by Crippen LogP contribution is 2.26. The molecule has 21 heavy (non-hydrogen) atoms. The van der Waals surface area contributed by atoms with Crippen molar-refractivity contribution < 1.29 is 5.11 Å². The molecule has 1 heterocycles. The molecule has 0 saturated carbocycles. The first-order valence-corrected chi connectivity index (χ1v) is 7.27. The fourth-order valence-corrected chi connectivity index (χ4v) is 2.62. The van der Waals surface area contributed by atoms with Crippen LogP contribution in [-0.2, 0) is 7.05 Å². The number of hydrogen-bond acceptors (Lipinski definition) is 2. The molecule has 0 saturated heterocycles. The van der Waals surface area contributed by atoms with E-state index < -0.39 is 6.10 Å². The Morgan fingerprint density at radius 2 is 1.57 bits per heavy atom. The second-order valence-electron chi connectivity index (χ2n) is 5.74. The van der Waals surface area contributed by atoms with Gasteiger partial charge in [0.05, 0.1) is 11.0 Å². The molecule has 0 bridgehead atoms. The van der Waals surface area contributed by atoms with Gasteiger partial charge in [-0.1, -0.05) is 50.2 Å². The number of aryl methyl sites for hydroxylation is 1. The van der Waals surface area contributed by atoms with E-state index in [9.17, 15) is 5.11 Å². The number of aromatic nitrogens is 2. The fraction of sp³-hybridized carbons (Fsp3) is 0.278. The highest BCUT2D eigenvalue weighted by atomic mass is 16.3. The van der Waals surface area contributed by atoms with Crippen LogP contribution in [0.4, 0.5) is 0 Å². The maximum Gasteiger partial charge on any atom is 0.143 e. The number of aliphatic hydroxyl groups excluding tert-OH is 1. The van der Waals surface area contributed by atoms with Gasteiger partial charge in [0.15, 0.2) is 0 Å². The van der Waals surface area contributed by atoms with Crippen molar-refractivity contribution in [3.8, 4) is 0 Å². The van der Waals surface area contributed by atoms with E-state index in [1.165, 1.54) is 5.56 Å². The lowest BCUT2D eigenvalue weighted by Gasteiger charge is -2.13. The van der Waals surface area contributed by atoms with E-state index in [1.54, 1.807) is 0 Å². The Morgan fingerprint density at radius 3 is 2.19 bits per heavy atom. The summed E-state index contributed by atoms with van der Waals surface area (Å²) >= 11 is 0. The molecule has 2 aromatic carbocycles. The van der Waals surface area contributed by atoms with E-state index in [0.29, 0.717) is 11.7 Å². The Hall–Kier alpha value is -2.13. The van der Waals surface area contributed by atoms with Gasteiger partial charge in [0.2, 0.25) is 0 Å². The average Bonchev–Trinajstić information content (AvgIpc) is 2.84. The molecular weight excluding hydrogens is 260 g/mol. The van der Waals surface area contributed by atoms with Crippen LogP contribution in [-0.4, -0.2) is 14.7 Å². The maximum absolute atomic E-state index is 10.6. The molecule has 1 atom stereocenters. The quantitative estimate of drug-likeness (QED) is 0.793. The Kier molecular flexibility index (Phi) is 3.52. The zero-order valence-corrected chi connectivity index (χ0v) is 12.6. The van der Waals surface area contributed by atoms with E-state index in [-0.39, 0.29) is 0 Å². The first kappa shape index (κ1) is 13.8. The third-order valence-electron chi connectivity index (χ3n) is 3.99. The van der Waals surface area contributed by atoms with Gasteiger partial charge in [0, 0.05) is 7.05 Å². The fourth-order valence-electron chi connectivity index (χ4n) is 2.62. The number of imidazole rings is 1. The van der Waals surface area contributed by atoms with Crippen LogP contribution in [0.3, 0.4) is 0 Å². The van der Waals surface area contributed by atoms with Crippen LogP contribution in [0.25, 0.3) is 11.0 Å². The van der Waals surface area contributed by atoms with Gasteiger partial charge in [-0.05, 0) is 29.2 Å². The number of nitrogens with zero attached hydrogens (tertiary/aromatic N) is 2. The summed E-state index contributed by atoms with van der Waals surface area (Å²) in [6.07, 6.45) is -0.705. The molecule has 0 aliphatic heterocycles. The summed E-state index contributed by atoms with van der Waals surface area (Å²) in [6.45, 7) is 4.33. The summed E-state index contributed by atoms with van der Waals surface area (Å²) in [7, 11) is 1.94. The van der Waals surface area contributed by atoms with Gasteiger partial charge in [0.25, 0.3) is 0 Å². The van der Waals surface area contributed by atoms with Gasteiger partial charge in [-0.3, -0.25) is 0 Å². The molecule has 0 unspecified atom stereocenters. The van der Waals surface area contributed by atoms with Crippen molar-refractivity contribution in [3.63, 3.8) is 0 Å². The molecule has 0 amide bonds. The summed E-state index contributed by atoms with van der Waals surface area (Å²) < 4.78 is 1.95. The third kappa shape index (κ3) is 2.45. The van der Waals surface area contributed by atoms with Gasteiger partial charge < -0.3 is 9.67 Å². The van der Waals surface area contributed by atoms with E-state index in [2.05, 4.69) is 31.0 Å². The monoisotopic (exact) mass is 280 g/mol. The summed E-state index contributed by atoms with van der Waals surface area (Å²) in [5, 5.41) is 10.6. The normalized spacial score (nSPS) is 13.0. The SMILES string of the molecule is CC(C)c1ccc([C@@H](O)c2nc3ccccc3n2C)cc1. The molecular formula is C18H20N2O. The minimum absolute atomic E-state index is 0.493. The second kappa shape index (κ2) is 5.34. The van der Waals surface area contributed by atoms with Crippen molar-refractivity contribution >= 4 is 11.0 Å². The number of aliphatic hydroxyl groups is 1.